The smallest absolute Gasteiger partial charge is 0.290 e. The molecular formula is C25H25N7O3. The molecule has 0 spiro atoms. The molecule has 10 heteroatoms. The summed E-state index contributed by atoms with van der Waals surface area (Å²) >= 11 is 0. The molecule has 1 aliphatic rings. The average Bonchev–Trinajstić information content (AvgIpc) is 3.30. The van der Waals surface area contributed by atoms with Crippen LogP contribution in [-0.2, 0) is 4.79 Å². The number of benzene rings is 1. The molecule has 0 radical (unpaired) electrons. The monoisotopic (exact) mass is 471 g/mol. The highest BCUT2D eigenvalue weighted by Crippen LogP contribution is 2.34. The van der Waals surface area contributed by atoms with Crippen molar-refractivity contribution in [1.82, 2.24) is 29.9 Å². The molecule has 10 nitrogen and oxygen atoms in total. The molecular weight excluding hydrogens is 446 g/mol. The number of nitrogen functional groups attached to an aromatic ring is 1. The van der Waals surface area contributed by atoms with E-state index in [4.69, 9.17) is 15.6 Å². The third kappa shape index (κ3) is 4.25. The number of nitrogens with zero attached hydrogens (tertiary/aromatic N) is 5. The van der Waals surface area contributed by atoms with Crippen LogP contribution >= 0.6 is 0 Å². The number of ether oxygens (including phenoxy) is 1. The number of hydrogen-bond acceptors (Lipinski definition) is 7. The minimum Gasteiger partial charge on any atom is -0.439 e. The number of piperidine rings is 1. The summed E-state index contributed by atoms with van der Waals surface area (Å²) in [6, 6.07) is 10.9. The third-order valence-electron chi connectivity index (χ3n) is 6.12. The number of anilines is 1. The molecule has 1 atom stereocenters. The quantitative estimate of drug-likeness (QED) is 0.427. The second-order valence-corrected chi connectivity index (χ2v) is 8.54. The number of nitrogens with two attached hydrogens (primary N) is 1. The maximum absolute atomic E-state index is 12.8. The Morgan fingerprint density at radius 2 is 2.06 bits per heavy atom. The number of nitrogens with one attached hydrogen (secondary N) is 1. The summed E-state index contributed by atoms with van der Waals surface area (Å²) in [5.41, 5.74) is 8.51. The summed E-state index contributed by atoms with van der Waals surface area (Å²) in [6.07, 6.45) is 4.61. The molecule has 1 fully saturated rings. The van der Waals surface area contributed by atoms with Crippen LogP contribution in [-0.4, -0.2) is 48.9 Å². The Balaban J connectivity index is 1.53. The Morgan fingerprint density at radius 1 is 1.26 bits per heavy atom. The van der Waals surface area contributed by atoms with Crippen LogP contribution in [0, 0.1) is 6.92 Å². The number of likely N-dealkylation sites (tertiary alicyclic amines) is 1. The van der Waals surface area contributed by atoms with Crippen molar-refractivity contribution in [3.63, 3.8) is 0 Å². The van der Waals surface area contributed by atoms with Crippen molar-refractivity contribution in [2.45, 2.75) is 25.8 Å². The molecule has 35 heavy (non-hydrogen) atoms. The molecule has 0 aliphatic carbocycles. The van der Waals surface area contributed by atoms with Crippen LogP contribution in [0.2, 0.25) is 0 Å². The topological polar surface area (TPSA) is 132 Å². The number of H-pyrrole nitrogens is 1. The lowest BCUT2D eigenvalue weighted by atomic mass is 10.1. The highest BCUT2D eigenvalue weighted by molar-refractivity contribution is 5.99. The summed E-state index contributed by atoms with van der Waals surface area (Å²) in [4.78, 5) is 31.0. The fourth-order valence-electron chi connectivity index (χ4n) is 4.38. The number of amides is 1. The fraction of sp³-hybridized carbons (Fsp3) is 0.240. The van der Waals surface area contributed by atoms with Crippen molar-refractivity contribution in [2.24, 2.45) is 0 Å². The highest BCUT2D eigenvalue weighted by Gasteiger charge is 2.28. The number of pyridine rings is 1. The van der Waals surface area contributed by atoms with Crippen molar-refractivity contribution < 1.29 is 9.53 Å². The Morgan fingerprint density at radius 3 is 2.77 bits per heavy atom. The molecule has 3 aromatic heterocycles. The minimum absolute atomic E-state index is 0.139. The van der Waals surface area contributed by atoms with Gasteiger partial charge in [0.2, 0.25) is 11.8 Å². The Labute approximate surface area is 201 Å². The lowest BCUT2D eigenvalue weighted by Gasteiger charge is -2.32. The molecule has 0 unspecified atom stereocenters. The maximum atomic E-state index is 12.8. The van der Waals surface area contributed by atoms with E-state index in [0.29, 0.717) is 41.3 Å². The summed E-state index contributed by atoms with van der Waals surface area (Å²) in [5, 5.41) is 11.7. The van der Waals surface area contributed by atoms with Crippen molar-refractivity contribution in [1.29, 1.82) is 0 Å². The zero-order valence-corrected chi connectivity index (χ0v) is 19.3. The van der Waals surface area contributed by atoms with Crippen LogP contribution in [0.15, 0.2) is 60.0 Å². The first-order valence-corrected chi connectivity index (χ1v) is 11.3. The number of rotatable bonds is 5. The molecule has 3 N–H and O–H groups in total. The molecule has 1 saturated heterocycles. The van der Waals surface area contributed by atoms with Crippen LogP contribution < -0.4 is 16.0 Å². The molecule has 1 aliphatic heterocycles. The van der Waals surface area contributed by atoms with Gasteiger partial charge in [0.25, 0.3) is 5.56 Å². The second-order valence-electron chi connectivity index (χ2n) is 8.54. The second kappa shape index (κ2) is 9.05. The number of fused-ring (bicyclic) bond motifs is 1. The van der Waals surface area contributed by atoms with E-state index in [2.05, 4.69) is 21.8 Å². The van der Waals surface area contributed by atoms with E-state index in [-0.39, 0.29) is 23.3 Å². The van der Waals surface area contributed by atoms with Crippen LogP contribution in [0.1, 0.15) is 24.4 Å². The van der Waals surface area contributed by atoms with E-state index in [0.717, 1.165) is 24.0 Å². The first kappa shape index (κ1) is 22.3. The molecule has 4 heterocycles. The van der Waals surface area contributed by atoms with Crippen molar-refractivity contribution in [3.05, 3.63) is 71.2 Å². The van der Waals surface area contributed by atoms with E-state index in [1.54, 1.807) is 15.8 Å². The lowest BCUT2D eigenvalue weighted by Crippen LogP contribution is -2.40. The summed E-state index contributed by atoms with van der Waals surface area (Å²) in [7, 11) is 0. The molecule has 0 saturated carbocycles. The standard InChI is InChI=1S/C25H25N7O3/c1-3-20(33)31-12-4-5-17(14-31)32-23-21(24(26)28-29-25(23)34)22(30-32)16-7-9-18(10-8-16)35-19-11-6-15(2)13-27-19/h3,6-11,13,17H,1,4-5,12,14H2,2H3,(H2,26,28)(H,29,34)/t17-/m1/s1. The van der Waals surface area contributed by atoms with E-state index in [9.17, 15) is 9.59 Å². The van der Waals surface area contributed by atoms with Gasteiger partial charge in [-0.2, -0.15) is 10.2 Å². The average molecular weight is 472 g/mol. The summed E-state index contributed by atoms with van der Waals surface area (Å²) in [6.45, 7) is 6.62. The Kier molecular flexibility index (Phi) is 5.77. The van der Waals surface area contributed by atoms with E-state index < -0.39 is 0 Å². The lowest BCUT2D eigenvalue weighted by molar-refractivity contribution is -0.127. The number of hydrogen-bond donors (Lipinski definition) is 2. The van der Waals surface area contributed by atoms with Gasteiger partial charge in [-0.15, -0.1) is 0 Å². The van der Waals surface area contributed by atoms with Gasteiger partial charge in [-0.05, 0) is 55.7 Å². The van der Waals surface area contributed by atoms with Gasteiger partial charge in [-0.25, -0.2) is 10.1 Å². The molecule has 5 rings (SSSR count). The van der Waals surface area contributed by atoms with Crippen molar-refractivity contribution in [3.8, 4) is 22.9 Å². The van der Waals surface area contributed by atoms with Gasteiger partial charge in [-0.3, -0.25) is 14.3 Å². The van der Waals surface area contributed by atoms with Crippen molar-refractivity contribution >= 4 is 22.6 Å². The molecule has 1 amide bonds. The van der Waals surface area contributed by atoms with Crippen LogP contribution in [0.3, 0.4) is 0 Å². The van der Waals surface area contributed by atoms with E-state index in [1.165, 1.54) is 6.08 Å². The predicted molar refractivity (Wildman–Crippen MR) is 132 cm³/mol. The van der Waals surface area contributed by atoms with Crippen LogP contribution in [0.4, 0.5) is 5.82 Å². The SMILES string of the molecule is C=CC(=O)N1CCC[C@@H](n2nc(-c3ccc(Oc4ccc(C)cn4)cc3)c3c(N)n[nH]c(=O)c32)C1. The van der Waals surface area contributed by atoms with Crippen LogP contribution in [0.25, 0.3) is 22.2 Å². The van der Waals surface area contributed by atoms with Gasteiger partial charge in [0.15, 0.2) is 5.82 Å². The first-order chi connectivity index (χ1) is 16.9. The zero-order valence-electron chi connectivity index (χ0n) is 19.3. The summed E-state index contributed by atoms with van der Waals surface area (Å²) < 4.78 is 7.51. The highest BCUT2D eigenvalue weighted by atomic mass is 16.5. The van der Waals surface area contributed by atoms with Gasteiger partial charge >= 0.3 is 0 Å². The number of carbonyl (C=O) groups is 1. The number of carbonyl (C=O) groups excluding carboxylic acids is 1. The maximum Gasteiger partial charge on any atom is 0.290 e. The normalized spacial score (nSPS) is 15.8. The number of aryl methyl sites for hydroxylation is 1. The Hall–Kier alpha value is -4.47. The third-order valence-corrected chi connectivity index (χ3v) is 6.12. The van der Waals surface area contributed by atoms with Gasteiger partial charge < -0.3 is 15.4 Å². The van der Waals surface area contributed by atoms with E-state index >= 15 is 0 Å². The van der Waals surface area contributed by atoms with Crippen LogP contribution in [0.5, 0.6) is 11.6 Å². The summed E-state index contributed by atoms with van der Waals surface area (Å²) in [5.74, 6) is 1.15. The van der Waals surface area contributed by atoms with E-state index in [1.807, 2.05) is 43.3 Å². The molecule has 1 aromatic carbocycles. The van der Waals surface area contributed by atoms with Gasteiger partial charge in [0.1, 0.15) is 17.0 Å². The van der Waals surface area contributed by atoms with Gasteiger partial charge in [-0.1, -0.05) is 12.6 Å². The number of aromatic nitrogens is 5. The first-order valence-electron chi connectivity index (χ1n) is 11.3. The molecule has 0 bridgehead atoms. The van der Waals surface area contributed by atoms with Crippen molar-refractivity contribution in [2.75, 3.05) is 18.8 Å². The largest absolute Gasteiger partial charge is 0.439 e. The molecule has 178 valence electrons. The predicted octanol–water partition coefficient (Wildman–Crippen LogP) is 3.21. The van der Waals surface area contributed by atoms with Gasteiger partial charge in [0, 0.05) is 30.9 Å². The van der Waals surface area contributed by atoms with Gasteiger partial charge in [0.05, 0.1) is 11.4 Å². The minimum atomic E-state index is -0.384. The zero-order chi connectivity index (χ0) is 24.5. The Bertz CT molecular complexity index is 1460. The fourth-order valence-corrected chi connectivity index (χ4v) is 4.38. The number of aromatic amines is 1. The molecule has 4 aromatic rings.